The number of aromatic nitrogens is 1. The summed E-state index contributed by atoms with van der Waals surface area (Å²) in [6.07, 6.45) is 1.01. The van der Waals surface area contributed by atoms with Crippen LogP contribution in [0.15, 0.2) is 79.0 Å². The average Bonchev–Trinajstić information content (AvgIpc) is 2.64. The van der Waals surface area contributed by atoms with Gasteiger partial charge in [0.25, 0.3) is 5.91 Å². The van der Waals surface area contributed by atoms with Crippen molar-refractivity contribution in [1.29, 1.82) is 0 Å². The molecule has 4 heteroatoms. The van der Waals surface area contributed by atoms with Gasteiger partial charge in [0, 0.05) is 6.20 Å². The number of nitrogens with zero attached hydrogens (tertiary/aromatic N) is 1. The molecule has 24 heavy (non-hydrogen) atoms. The molecule has 0 saturated carbocycles. The second kappa shape index (κ2) is 7.42. The number of ether oxygens (including phenoxy) is 1. The second-order valence-corrected chi connectivity index (χ2v) is 5.35. The Morgan fingerprint density at radius 3 is 2.25 bits per heavy atom. The van der Waals surface area contributed by atoms with Gasteiger partial charge in [-0.2, -0.15) is 0 Å². The first-order valence-corrected chi connectivity index (χ1v) is 7.76. The lowest BCUT2D eigenvalue weighted by Gasteiger charge is -2.14. The number of pyridine rings is 1. The quantitative estimate of drug-likeness (QED) is 0.768. The summed E-state index contributed by atoms with van der Waals surface area (Å²) in [6.45, 7) is 1.71. The minimum absolute atomic E-state index is 0.235. The summed E-state index contributed by atoms with van der Waals surface area (Å²) in [5.41, 5.74) is 2.25. The van der Waals surface area contributed by atoms with Crippen molar-refractivity contribution in [2.75, 3.05) is 5.32 Å². The molecule has 1 aromatic heterocycles. The number of carbonyl (C=O) groups is 1. The Balaban J connectivity index is 1.62. The topological polar surface area (TPSA) is 51.2 Å². The summed E-state index contributed by atoms with van der Waals surface area (Å²) < 4.78 is 5.70. The van der Waals surface area contributed by atoms with Crippen molar-refractivity contribution in [3.63, 3.8) is 0 Å². The molecule has 0 bridgehead atoms. The van der Waals surface area contributed by atoms with Gasteiger partial charge in [-0.3, -0.25) is 4.79 Å². The zero-order chi connectivity index (χ0) is 16.8. The van der Waals surface area contributed by atoms with Crippen molar-refractivity contribution in [3.05, 3.63) is 79.0 Å². The zero-order valence-electron chi connectivity index (χ0n) is 13.3. The molecule has 1 heterocycles. The van der Waals surface area contributed by atoms with Crippen LogP contribution in [-0.2, 0) is 4.79 Å². The SMILES string of the molecule is CC(Oc1ccc(-c2ccccc2)cc1)C(=O)Nc1ccccn1. The van der Waals surface area contributed by atoms with Gasteiger partial charge in [0.1, 0.15) is 11.6 Å². The van der Waals surface area contributed by atoms with Crippen LogP contribution in [0.25, 0.3) is 11.1 Å². The Labute approximate surface area is 141 Å². The average molecular weight is 318 g/mol. The third-order valence-electron chi connectivity index (χ3n) is 3.56. The summed E-state index contributed by atoms with van der Waals surface area (Å²) >= 11 is 0. The van der Waals surface area contributed by atoms with Crippen LogP contribution in [0.4, 0.5) is 5.82 Å². The van der Waals surface area contributed by atoms with Gasteiger partial charge < -0.3 is 10.1 Å². The van der Waals surface area contributed by atoms with Crippen molar-refractivity contribution in [2.24, 2.45) is 0 Å². The number of carbonyl (C=O) groups excluding carboxylic acids is 1. The fourth-order valence-corrected chi connectivity index (χ4v) is 2.28. The molecule has 1 atom stereocenters. The van der Waals surface area contributed by atoms with Gasteiger partial charge in [-0.05, 0) is 42.3 Å². The number of rotatable bonds is 5. The number of benzene rings is 2. The summed E-state index contributed by atoms with van der Waals surface area (Å²) in [6, 6.07) is 23.1. The maximum absolute atomic E-state index is 12.1. The number of hydrogen-bond acceptors (Lipinski definition) is 3. The molecule has 1 N–H and O–H groups in total. The first-order valence-electron chi connectivity index (χ1n) is 7.76. The van der Waals surface area contributed by atoms with Gasteiger partial charge in [0.2, 0.25) is 0 Å². The maximum Gasteiger partial charge on any atom is 0.266 e. The first kappa shape index (κ1) is 15.7. The molecule has 0 aliphatic carbocycles. The van der Waals surface area contributed by atoms with Crippen LogP contribution in [0.5, 0.6) is 5.75 Å². The van der Waals surface area contributed by atoms with Crippen molar-refractivity contribution < 1.29 is 9.53 Å². The van der Waals surface area contributed by atoms with Crippen LogP contribution in [0.3, 0.4) is 0 Å². The van der Waals surface area contributed by atoms with Crippen LogP contribution in [-0.4, -0.2) is 17.0 Å². The minimum atomic E-state index is -0.616. The molecule has 1 amide bonds. The normalized spacial score (nSPS) is 11.5. The lowest BCUT2D eigenvalue weighted by Crippen LogP contribution is -2.30. The summed E-state index contributed by atoms with van der Waals surface area (Å²) in [5.74, 6) is 0.927. The number of nitrogens with one attached hydrogen (secondary N) is 1. The zero-order valence-corrected chi connectivity index (χ0v) is 13.3. The van der Waals surface area contributed by atoms with E-state index in [-0.39, 0.29) is 5.91 Å². The fraction of sp³-hybridized carbons (Fsp3) is 0.100. The molecule has 2 aromatic carbocycles. The third kappa shape index (κ3) is 3.98. The molecule has 3 aromatic rings. The van der Waals surface area contributed by atoms with Crippen molar-refractivity contribution in [1.82, 2.24) is 4.98 Å². The van der Waals surface area contributed by atoms with Crippen LogP contribution in [0, 0.1) is 0 Å². The molecular formula is C20H18N2O2. The van der Waals surface area contributed by atoms with E-state index < -0.39 is 6.10 Å². The molecule has 0 radical (unpaired) electrons. The van der Waals surface area contributed by atoms with E-state index >= 15 is 0 Å². The summed E-state index contributed by atoms with van der Waals surface area (Å²) in [7, 11) is 0. The number of hydrogen-bond donors (Lipinski definition) is 1. The molecule has 4 nitrogen and oxygen atoms in total. The van der Waals surface area contributed by atoms with Gasteiger partial charge in [-0.1, -0.05) is 48.5 Å². The standard InChI is InChI=1S/C20H18N2O2/c1-15(20(23)22-19-9-5-6-14-21-19)24-18-12-10-17(11-13-18)16-7-3-2-4-8-16/h2-15H,1H3,(H,21,22,23). The van der Waals surface area contributed by atoms with Crippen LogP contribution in [0.1, 0.15) is 6.92 Å². The molecular weight excluding hydrogens is 300 g/mol. The molecule has 120 valence electrons. The smallest absolute Gasteiger partial charge is 0.266 e. The lowest BCUT2D eigenvalue weighted by atomic mass is 10.1. The highest BCUT2D eigenvalue weighted by atomic mass is 16.5. The van der Waals surface area contributed by atoms with E-state index in [1.807, 2.05) is 48.5 Å². The highest BCUT2D eigenvalue weighted by molar-refractivity contribution is 5.93. The van der Waals surface area contributed by atoms with Crippen LogP contribution < -0.4 is 10.1 Å². The predicted molar refractivity (Wildman–Crippen MR) is 94.8 cm³/mol. The minimum Gasteiger partial charge on any atom is -0.481 e. The van der Waals surface area contributed by atoms with Gasteiger partial charge in [0.05, 0.1) is 0 Å². The van der Waals surface area contributed by atoms with Crippen LogP contribution >= 0.6 is 0 Å². The van der Waals surface area contributed by atoms with E-state index in [0.717, 1.165) is 11.1 Å². The van der Waals surface area contributed by atoms with E-state index in [0.29, 0.717) is 11.6 Å². The Morgan fingerprint density at radius 2 is 1.58 bits per heavy atom. The predicted octanol–water partition coefficient (Wildman–Crippen LogP) is 4.15. The molecule has 0 spiro atoms. The van der Waals surface area contributed by atoms with Gasteiger partial charge >= 0.3 is 0 Å². The van der Waals surface area contributed by atoms with Gasteiger partial charge in [0.15, 0.2) is 6.10 Å². The Kier molecular flexibility index (Phi) is 4.87. The fourth-order valence-electron chi connectivity index (χ4n) is 2.28. The highest BCUT2D eigenvalue weighted by Crippen LogP contribution is 2.22. The van der Waals surface area contributed by atoms with E-state index in [4.69, 9.17) is 4.74 Å². The molecule has 0 aliphatic rings. The van der Waals surface area contributed by atoms with E-state index in [1.165, 1.54) is 0 Å². The van der Waals surface area contributed by atoms with Crippen LogP contribution in [0.2, 0.25) is 0 Å². The Bertz CT molecular complexity index is 787. The third-order valence-corrected chi connectivity index (χ3v) is 3.56. The van der Waals surface area contributed by atoms with E-state index in [9.17, 15) is 4.79 Å². The van der Waals surface area contributed by atoms with E-state index in [2.05, 4.69) is 22.4 Å². The van der Waals surface area contributed by atoms with Crippen molar-refractivity contribution >= 4 is 11.7 Å². The molecule has 0 saturated heterocycles. The van der Waals surface area contributed by atoms with Crippen molar-refractivity contribution in [2.45, 2.75) is 13.0 Å². The maximum atomic E-state index is 12.1. The summed E-state index contributed by atoms with van der Waals surface area (Å²) in [4.78, 5) is 16.2. The summed E-state index contributed by atoms with van der Waals surface area (Å²) in [5, 5.41) is 2.72. The molecule has 0 aliphatic heterocycles. The van der Waals surface area contributed by atoms with Crippen molar-refractivity contribution in [3.8, 4) is 16.9 Å². The molecule has 0 fully saturated rings. The highest BCUT2D eigenvalue weighted by Gasteiger charge is 2.15. The number of anilines is 1. The van der Waals surface area contributed by atoms with E-state index in [1.54, 1.807) is 25.3 Å². The lowest BCUT2D eigenvalue weighted by molar-refractivity contribution is -0.122. The Hall–Kier alpha value is -3.14. The largest absolute Gasteiger partial charge is 0.481 e. The van der Waals surface area contributed by atoms with Gasteiger partial charge in [-0.15, -0.1) is 0 Å². The molecule has 1 unspecified atom stereocenters. The van der Waals surface area contributed by atoms with Gasteiger partial charge in [-0.25, -0.2) is 4.98 Å². The monoisotopic (exact) mass is 318 g/mol. The molecule has 3 rings (SSSR count). The first-order chi connectivity index (χ1) is 11.7. The second-order valence-electron chi connectivity index (χ2n) is 5.35. The number of amides is 1. The Morgan fingerprint density at radius 1 is 0.917 bits per heavy atom.